The van der Waals surface area contributed by atoms with E-state index in [0.717, 1.165) is 0 Å². The lowest BCUT2D eigenvalue weighted by Crippen LogP contribution is -2.12. The van der Waals surface area contributed by atoms with Gasteiger partial charge in [-0.2, -0.15) is 8.78 Å². The van der Waals surface area contributed by atoms with Crippen LogP contribution in [0.3, 0.4) is 0 Å². The van der Waals surface area contributed by atoms with Crippen molar-refractivity contribution in [3.05, 3.63) is 51.7 Å². The summed E-state index contributed by atoms with van der Waals surface area (Å²) in [5, 5.41) is 0. The third-order valence-corrected chi connectivity index (χ3v) is 3.20. The minimum Gasteiger partial charge on any atom is -0.493 e. The van der Waals surface area contributed by atoms with Crippen molar-refractivity contribution < 1.29 is 18.3 Å². The van der Waals surface area contributed by atoms with Crippen molar-refractivity contribution in [1.29, 1.82) is 0 Å². The van der Waals surface area contributed by atoms with Crippen LogP contribution in [0.15, 0.2) is 29.1 Å². The Balaban J connectivity index is 2.40. The highest BCUT2D eigenvalue weighted by molar-refractivity contribution is 5.73. The second kappa shape index (κ2) is 7.72. The Morgan fingerprint density at radius 2 is 2.00 bits per heavy atom. The van der Waals surface area contributed by atoms with Crippen LogP contribution in [0.2, 0.25) is 0 Å². The van der Waals surface area contributed by atoms with Crippen LogP contribution >= 0.6 is 0 Å². The molecule has 128 valence electrons. The van der Waals surface area contributed by atoms with E-state index in [2.05, 4.69) is 14.7 Å². The summed E-state index contributed by atoms with van der Waals surface area (Å²) >= 11 is 0. The summed E-state index contributed by atoms with van der Waals surface area (Å²) in [5.74, 6) is 0.733. The summed E-state index contributed by atoms with van der Waals surface area (Å²) in [5.41, 5.74) is 0.541. The zero-order valence-corrected chi connectivity index (χ0v) is 13.5. The molecule has 0 amide bonds. The number of rotatable bonds is 6. The van der Waals surface area contributed by atoms with E-state index in [4.69, 9.17) is 4.74 Å². The fourth-order valence-corrected chi connectivity index (χ4v) is 2.07. The maximum atomic E-state index is 12.6. The minimum atomic E-state index is -2.97. The molecule has 0 saturated carbocycles. The van der Waals surface area contributed by atoms with Gasteiger partial charge in [-0.15, -0.1) is 0 Å². The van der Waals surface area contributed by atoms with Gasteiger partial charge in [-0.05, 0) is 18.2 Å². The topological polar surface area (TPSA) is 64.2 Å². The van der Waals surface area contributed by atoms with Gasteiger partial charge in [-0.3, -0.25) is 4.79 Å². The van der Waals surface area contributed by atoms with Crippen LogP contribution in [0.25, 0.3) is 12.2 Å². The number of nitrogens with zero attached hydrogens (tertiary/aromatic N) is 1. The van der Waals surface area contributed by atoms with Crippen molar-refractivity contribution in [2.24, 2.45) is 0 Å². The fourth-order valence-electron chi connectivity index (χ4n) is 2.07. The normalized spacial score (nSPS) is 11.5. The molecule has 2 rings (SSSR count). The quantitative estimate of drug-likeness (QED) is 0.874. The number of aromatic amines is 1. The minimum absolute atomic E-state index is 0.0561. The van der Waals surface area contributed by atoms with E-state index < -0.39 is 6.61 Å². The number of nitrogens with one attached hydrogen (secondary N) is 1. The molecular weight excluding hydrogens is 318 g/mol. The molecule has 1 N–H and O–H groups in total. The van der Waals surface area contributed by atoms with E-state index in [0.29, 0.717) is 17.1 Å². The molecule has 0 atom stereocenters. The highest BCUT2D eigenvalue weighted by Gasteiger charge is 2.13. The van der Waals surface area contributed by atoms with E-state index in [1.54, 1.807) is 24.3 Å². The van der Waals surface area contributed by atoms with Crippen molar-refractivity contribution in [2.45, 2.75) is 26.4 Å². The lowest BCUT2D eigenvalue weighted by molar-refractivity contribution is -0.0513. The van der Waals surface area contributed by atoms with Gasteiger partial charge in [0.05, 0.1) is 12.8 Å². The predicted molar refractivity (Wildman–Crippen MR) is 87.5 cm³/mol. The number of hydrogen-bond donors (Lipinski definition) is 1. The number of ether oxygens (including phenoxy) is 2. The number of hydrogen-bond acceptors (Lipinski definition) is 4. The van der Waals surface area contributed by atoms with Gasteiger partial charge < -0.3 is 14.5 Å². The molecule has 5 nitrogen and oxygen atoms in total. The van der Waals surface area contributed by atoms with E-state index in [1.807, 2.05) is 13.8 Å². The summed E-state index contributed by atoms with van der Waals surface area (Å²) in [6, 6.07) is 6.11. The number of alkyl halides is 2. The van der Waals surface area contributed by atoms with Gasteiger partial charge in [0.2, 0.25) is 0 Å². The lowest BCUT2D eigenvalue weighted by Gasteiger charge is -2.12. The highest BCUT2D eigenvalue weighted by Crippen LogP contribution is 2.33. The van der Waals surface area contributed by atoms with Crippen LogP contribution < -0.4 is 15.0 Å². The van der Waals surface area contributed by atoms with Gasteiger partial charge in [0, 0.05) is 17.5 Å². The Morgan fingerprint density at radius 1 is 1.25 bits per heavy atom. The van der Waals surface area contributed by atoms with Gasteiger partial charge in [0.1, 0.15) is 5.82 Å². The largest absolute Gasteiger partial charge is 0.493 e. The van der Waals surface area contributed by atoms with E-state index in [-0.39, 0.29) is 23.0 Å². The van der Waals surface area contributed by atoms with Gasteiger partial charge in [-0.25, -0.2) is 4.98 Å². The van der Waals surface area contributed by atoms with E-state index >= 15 is 0 Å². The maximum Gasteiger partial charge on any atom is 0.387 e. The predicted octanol–water partition coefficient (Wildman–Crippen LogP) is 3.67. The standard InChI is InChI=1S/C17H18F2N2O3/c1-10(2)16-20-12(9-14(22)21-16)8-7-11-5-4-6-13(23-3)15(11)24-17(18)19/h4-10,17H,1-3H3,(H,20,21,22)/b8-7+. The van der Waals surface area contributed by atoms with Crippen LogP contribution in [0.4, 0.5) is 8.78 Å². The zero-order chi connectivity index (χ0) is 17.7. The first-order valence-corrected chi connectivity index (χ1v) is 7.32. The number of aromatic nitrogens is 2. The van der Waals surface area contributed by atoms with Gasteiger partial charge in [0.15, 0.2) is 11.5 Å². The van der Waals surface area contributed by atoms with Crippen molar-refractivity contribution in [1.82, 2.24) is 9.97 Å². The summed E-state index contributed by atoms with van der Waals surface area (Å²) < 4.78 is 34.8. The van der Waals surface area contributed by atoms with Crippen LogP contribution in [0.5, 0.6) is 11.5 Å². The van der Waals surface area contributed by atoms with Gasteiger partial charge in [0.25, 0.3) is 5.56 Å². The Bertz CT molecular complexity index is 786. The molecule has 1 aromatic carbocycles. The highest BCUT2D eigenvalue weighted by atomic mass is 19.3. The molecule has 1 aromatic heterocycles. The Hall–Kier alpha value is -2.70. The second-order valence-electron chi connectivity index (χ2n) is 5.30. The smallest absolute Gasteiger partial charge is 0.387 e. The molecule has 0 aliphatic heterocycles. The Labute approximate surface area is 138 Å². The van der Waals surface area contributed by atoms with Crippen LogP contribution in [-0.2, 0) is 0 Å². The average molecular weight is 336 g/mol. The number of methoxy groups -OCH3 is 1. The SMILES string of the molecule is COc1cccc(/C=C/c2cc(=O)[nH]c(C(C)C)n2)c1OC(F)F. The van der Waals surface area contributed by atoms with E-state index in [1.165, 1.54) is 19.2 Å². The molecule has 0 aliphatic rings. The van der Waals surface area contributed by atoms with Crippen molar-refractivity contribution >= 4 is 12.2 Å². The first kappa shape index (κ1) is 17.7. The number of H-pyrrole nitrogens is 1. The Morgan fingerprint density at radius 3 is 2.62 bits per heavy atom. The lowest BCUT2D eigenvalue weighted by atomic mass is 10.1. The molecule has 2 aromatic rings. The molecule has 0 aliphatic carbocycles. The molecular formula is C17H18F2N2O3. The first-order chi connectivity index (χ1) is 11.4. The van der Waals surface area contributed by atoms with Crippen LogP contribution in [0, 0.1) is 0 Å². The molecule has 7 heteroatoms. The van der Waals surface area contributed by atoms with Crippen LogP contribution in [-0.4, -0.2) is 23.7 Å². The third-order valence-electron chi connectivity index (χ3n) is 3.20. The fraction of sp³-hybridized carbons (Fsp3) is 0.294. The molecule has 0 fully saturated rings. The molecule has 1 heterocycles. The number of para-hydroxylation sites is 1. The molecule has 0 saturated heterocycles. The zero-order valence-electron chi connectivity index (χ0n) is 13.5. The number of halogens is 2. The third kappa shape index (κ3) is 4.41. The average Bonchev–Trinajstić information content (AvgIpc) is 2.52. The molecule has 0 spiro atoms. The first-order valence-electron chi connectivity index (χ1n) is 7.32. The molecule has 0 radical (unpaired) electrons. The summed E-state index contributed by atoms with van der Waals surface area (Å²) in [6.45, 7) is 0.837. The maximum absolute atomic E-state index is 12.6. The molecule has 0 bridgehead atoms. The van der Waals surface area contributed by atoms with E-state index in [9.17, 15) is 13.6 Å². The van der Waals surface area contributed by atoms with Crippen molar-refractivity contribution in [3.8, 4) is 11.5 Å². The van der Waals surface area contributed by atoms with Crippen LogP contribution in [0.1, 0.15) is 36.8 Å². The van der Waals surface area contributed by atoms with Gasteiger partial charge >= 0.3 is 6.61 Å². The summed E-state index contributed by atoms with van der Waals surface area (Å²) in [6.07, 6.45) is 3.11. The summed E-state index contributed by atoms with van der Waals surface area (Å²) in [7, 11) is 1.37. The van der Waals surface area contributed by atoms with Crippen molar-refractivity contribution in [2.75, 3.05) is 7.11 Å². The summed E-state index contributed by atoms with van der Waals surface area (Å²) in [4.78, 5) is 18.6. The second-order valence-corrected chi connectivity index (χ2v) is 5.30. The number of benzene rings is 1. The Kier molecular flexibility index (Phi) is 5.68. The monoisotopic (exact) mass is 336 g/mol. The molecule has 0 unspecified atom stereocenters. The van der Waals surface area contributed by atoms with Gasteiger partial charge in [-0.1, -0.05) is 26.0 Å². The molecule has 24 heavy (non-hydrogen) atoms. The van der Waals surface area contributed by atoms with Crippen molar-refractivity contribution in [3.63, 3.8) is 0 Å².